The molecule has 1 aromatic carbocycles. The highest BCUT2D eigenvalue weighted by molar-refractivity contribution is 7.82. The fourth-order valence-corrected chi connectivity index (χ4v) is 4.79. The Kier molecular flexibility index (Phi) is 11.8. The molecule has 2 rings (SSSR count). The molecule has 0 saturated carbocycles. The molecule has 1 atom stereocenters. The van der Waals surface area contributed by atoms with Gasteiger partial charge in [0.2, 0.25) is 5.91 Å². The second-order valence-corrected chi connectivity index (χ2v) is 10.7. The largest absolute Gasteiger partial charge is 0.497 e. The van der Waals surface area contributed by atoms with Gasteiger partial charge in [-0.3, -0.25) is 4.79 Å². The second-order valence-electron chi connectivity index (χ2n) is 9.21. The van der Waals surface area contributed by atoms with Crippen molar-refractivity contribution in [2.24, 2.45) is 0 Å². The smallest absolute Gasteiger partial charge is 0.248 e. The molecule has 1 amide bonds. The number of ether oxygens (including phenoxy) is 2. The molecule has 1 unspecified atom stereocenters. The lowest BCUT2D eigenvalue weighted by Gasteiger charge is -2.22. The average Bonchev–Trinajstić information content (AvgIpc) is 2.84. The van der Waals surface area contributed by atoms with Crippen LogP contribution in [0, 0.1) is 13.8 Å². The predicted molar refractivity (Wildman–Crippen MR) is 145 cm³/mol. The zero-order chi connectivity index (χ0) is 26.8. The van der Waals surface area contributed by atoms with Gasteiger partial charge in [0.15, 0.2) is 0 Å². The number of nitrogens with zero attached hydrogens (tertiary/aromatic N) is 5. The van der Waals surface area contributed by atoms with Crippen LogP contribution in [0.1, 0.15) is 16.8 Å². The quantitative estimate of drug-likeness (QED) is 0.355. The van der Waals surface area contributed by atoms with Crippen LogP contribution in [-0.4, -0.2) is 104 Å². The molecule has 0 radical (unpaired) electrons. The van der Waals surface area contributed by atoms with Crippen LogP contribution in [0.25, 0.3) is 0 Å². The highest BCUT2D eigenvalue weighted by Crippen LogP contribution is 2.25. The first kappa shape index (κ1) is 29.7. The molecule has 0 N–H and O–H groups in total. The topological polar surface area (TPSA) is 78.5 Å². The number of carbonyl (C=O) groups excluding carboxylic acids is 1. The van der Waals surface area contributed by atoms with Crippen LogP contribution in [-0.2, 0) is 27.1 Å². The Morgan fingerprint density at radius 3 is 2.28 bits per heavy atom. The number of hydrogen-bond acceptors (Lipinski definition) is 7. The molecule has 36 heavy (non-hydrogen) atoms. The van der Waals surface area contributed by atoms with Crippen molar-refractivity contribution >= 4 is 22.7 Å². The molecule has 2 aromatic rings. The molecule has 0 fully saturated rings. The maximum atomic E-state index is 13.0. The summed E-state index contributed by atoms with van der Waals surface area (Å²) < 4.78 is 25.6. The van der Waals surface area contributed by atoms with Gasteiger partial charge in [-0.05, 0) is 63.3 Å². The third kappa shape index (κ3) is 8.85. The Hall–Kier alpha value is -2.53. The maximum Gasteiger partial charge on any atom is 0.248 e. The van der Waals surface area contributed by atoms with Crippen molar-refractivity contribution in [1.82, 2.24) is 19.1 Å². The fourth-order valence-electron chi connectivity index (χ4n) is 3.57. The fraction of sp³-hybridized carbons (Fsp3) is 0.538. The molecule has 1 heterocycles. The van der Waals surface area contributed by atoms with E-state index in [-0.39, 0.29) is 12.5 Å². The summed E-state index contributed by atoms with van der Waals surface area (Å²) in [6, 6.07) is 9.61. The van der Waals surface area contributed by atoms with Crippen LogP contribution < -0.4 is 9.64 Å². The standard InChI is InChI=1S/C26H41N5O4S/c1-20-16-23(34-8)17-21(2)26(20)36(33)31(7)14-15-35-19-25(32)30(6)18-22-10-9-11-24(27-22)29(5)13-12-28(3)4/h9-11,16-17H,12-15,18-19H2,1-8H3. The maximum absolute atomic E-state index is 13.0. The molecular formula is C26H41N5O4S. The van der Waals surface area contributed by atoms with Crippen molar-refractivity contribution in [3.05, 3.63) is 47.2 Å². The normalized spacial score (nSPS) is 12.2. The lowest BCUT2D eigenvalue weighted by molar-refractivity contribution is -0.135. The van der Waals surface area contributed by atoms with Crippen LogP contribution >= 0.6 is 0 Å². The van der Waals surface area contributed by atoms with Crippen molar-refractivity contribution in [2.75, 3.05) is 80.1 Å². The monoisotopic (exact) mass is 519 g/mol. The molecule has 0 saturated heterocycles. The highest BCUT2D eigenvalue weighted by atomic mass is 32.2. The van der Waals surface area contributed by atoms with Gasteiger partial charge in [0.05, 0.1) is 30.9 Å². The minimum atomic E-state index is -1.33. The zero-order valence-corrected chi connectivity index (χ0v) is 23.7. The number of aromatic nitrogens is 1. The number of anilines is 1. The number of hydrogen-bond donors (Lipinski definition) is 0. The molecule has 0 aliphatic heterocycles. The molecule has 0 aliphatic carbocycles. The van der Waals surface area contributed by atoms with Gasteiger partial charge in [0.25, 0.3) is 0 Å². The number of methoxy groups -OCH3 is 1. The van der Waals surface area contributed by atoms with Gasteiger partial charge in [-0.15, -0.1) is 0 Å². The summed E-state index contributed by atoms with van der Waals surface area (Å²) in [4.78, 5) is 23.9. The number of rotatable bonds is 14. The van der Waals surface area contributed by atoms with Crippen LogP contribution in [0.2, 0.25) is 0 Å². The minimum Gasteiger partial charge on any atom is -0.497 e. The molecule has 0 spiro atoms. The van der Waals surface area contributed by atoms with Gasteiger partial charge in [-0.1, -0.05) is 6.07 Å². The third-order valence-electron chi connectivity index (χ3n) is 5.79. The van der Waals surface area contributed by atoms with Gasteiger partial charge in [0.1, 0.15) is 29.2 Å². The predicted octanol–water partition coefficient (Wildman–Crippen LogP) is 2.33. The molecule has 9 nitrogen and oxygen atoms in total. The number of pyridine rings is 1. The number of aryl methyl sites for hydroxylation is 2. The number of benzene rings is 1. The summed E-state index contributed by atoms with van der Waals surface area (Å²) in [7, 11) is 9.91. The van der Waals surface area contributed by atoms with Crippen LogP contribution in [0.3, 0.4) is 0 Å². The Morgan fingerprint density at radius 1 is 1.00 bits per heavy atom. The van der Waals surface area contributed by atoms with Crippen molar-refractivity contribution in [1.29, 1.82) is 0 Å². The lowest BCUT2D eigenvalue weighted by atomic mass is 10.1. The van der Waals surface area contributed by atoms with E-state index >= 15 is 0 Å². The summed E-state index contributed by atoms with van der Waals surface area (Å²) >= 11 is 0. The summed E-state index contributed by atoms with van der Waals surface area (Å²) in [6.07, 6.45) is 0. The number of carbonyl (C=O) groups is 1. The molecule has 10 heteroatoms. The first-order valence-corrected chi connectivity index (χ1v) is 13.1. The van der Waals surface area contributed by atoms with Crippen LogP contribution in [0.5, 0.6) is 5.75 Å². The Labute approximate surface area is 218 Å². The minimum absolute atomic E-state index is 0.0417. The molecule has 1 aromatic heterocycles. The average molecular weight is 520 g/mol. The highest BCUT2D eigenvalue weighted by Gasteiger charge is 2.17. The summed E-state index contributed by atoms with van der Waals surface area (Å²) in [5.41, 5.74) is 2.65. The van der Waals surface area contributed by atoms with E-state index in [1.54, 1.807) is 30.4 Å². The second kappa shape index (κ2) is 14.3. The number of amides is 1. The molecule has 0 bridgehead atoms. The Morgan fingerprint density at radius 2 is 1.67 bits per heavy atom. The first-order chi connectivity index (χ1) is 17.0. The molecule has 0 aliphatic rings. The summed E-state index contributed by atoms with van der Waals surface area (Å²) in [5.74, 6) is 1.50. The van der Waals surface area contributed by atoms with E-state index in [1.165, 1.54) is 0 Å². The van der Waals surface area contributed by atoms with E-state index in [9.17, 15) is 9.00 Å². The molecular weight excluding hydrogens is 478 g/mol. The van der Waals surface area contributed by atoms with E-state index in [4.69, 9.17) is 14.5 Å². The van der Waals surface area contributed by atoms with Gasteiger partial charge < -0.3 is 24.2 Å². The number of likely N-dealkylation sites (N-methyl/N-ethyl adjacent to an activating group) is 4. The van der Waals surface area contributed by atoms with Crippen LogP contribution in [0.4, 0.5) is 5.82 Å². The van der Waals surface area contributed by atoms with Gasteiger partial charge in [-0.25, -0.2) is 13.5 Å². The first-order valence-electron chi connectivity index (χ1n) is 11.9. The van der Waals surface area contributed by atoms with E-state index in [0.29, 0.717) is 19.7 Å². The van der Waals surface area contributed by atoms with E-state index in [0.717, 1.165) is 46.4 Å². The summed E-state index contributed by atoms with van der Waals surface area (Å²) in [6.45, 7) is 6.72. The SMILES string of the molecule is COc1cc(C)c(S(=O)N(C)CCOCC(=O)N(C)Cc2cccc(N(C)CCN(C)C)n2)c(C)c1. The van der Waals surface area contributed by atoms with E-state index < -0.39 is 11.0 Å². The van der Waals surface area contributed by atoms with Crippen molar-refractivity contribution in [3.63, 3.8) is 0 Å². The molecule has 200 valence electrons. The lowest BCUT2D eigenvalue weighted by Crippen LogP contribution is -2.32. The van der Waals surface area contributed by atoms with Crippen molar-refractivity contribution in [3.8, 4) is 5.75 Å². The van der Waals surface area contributed by atoms with Crippen molar-refractivity contribution < 1.29 is 18.5 Å². The Bertz CT molecular complexity index is 1010. The zero-order valence-electron chi connectivity index (χ0n) is 22.9. The van der Waals surface area contributed by atoms with Gasteiger partial charge >= 0.3 is 0 Å². The van der Waals surface area contributed by atoms with E-state index in [2.05, 4.69) is 9.80 Å². The van der Waals surface area contributed by atoms with Crippen molar-refractivity contribution in [2.45, 2.75) is 25.3 Å². The Balaban J connectivity index is 1.81. The summed E-state index contributed by atoms with van der Waals surface area (Å²) in [5, 5.41) is 0. The van der Waals surface area contributed by atoms with Gasteiger partial charge in [-0.2, -0.15) is 0 Å². The van der Waals surface area contributed by atoms with E-state index in [1.807, 2.05) is 65.3 Å². The third-order valence-corrected chi connectivity index (χ3v) is 7.54. The van der Waals surface area contributed by atoms with Crippen LogP contribution in [0.15, 0.2) is 35.2 Å². The van der Waals surface area contributed by atoms with Gasteiger partial charge in [0, 0.05) is 40.8 Å².